The Kier molecular flexibility index (Phi) is 4.09. The Hall–Kier alpha value is -2.70. The highest BCUT2D eigenvalue weighted by Gasteiger charge is 2.41. The molecular weight excluding hydrogens is 314 g/mol. The third kappa shape index (κ3) is 2.89. The minimum absolute atomic E-state index is 0.128. The summed E-state index contributed by atoms with van der Waals surface area (Å²) in [5, 5.41) is 0.303. The molecule has 1 saturated carbocycles. The van der Waals surface area contributed by atoms with Gasteiger partial charge in [-0.1, -0.05) is 23.6 Å². The predicted molar refractivity (Wildman–Crippen MR) is 80.6 cm³/mol. The van der Waals surface area contributed by atoms with E-state index in [4.69, 9.17) is 4.74 Å². The van der Waals surface area contributed by atoms with Gasteiger partial charge in [-0.15, -0.1) is 0 Å². The van der Waals surface area contributed by atoms with E-state index in [2.05, 4.69) is 4.84 Å². The highest BCUT2D eigenvalue weighted by Crippen LogP contribution is 2.31. The van der Waals surface area contributed by atoms with Crippen LogP contribution in [0.1, 0.15) is 59.7 Å². The summed E-state index contributed by atoms with van der Waals surface area (Å²) in [4.78, 5) is 52.7. The zero-order chi connectivity index (χ0) is 17.3. The molecule has 126 valence electrons. The second-order valence-electron chi connectivity index (χ2n) is 6.23. The summed E-state index contributed by atoms with van der Waals surface area (Å²) >= 11 is 0. The largest absolute Gasteiger partial charge is 0.451 e. The van der Waals surface area contributed by atoms with Crippen LogP contribution >= 0.6 is 0 Å². The van der Waals surface area contributed by atoms with Gasteiger partial charge >= 0.3 is 11.9 Å². The first-order valence-electron chi connectivity index (χ1n) is 7.84. The Morgan fingerprint density at radius 2 is 1.50 bits per heavy atom. The summed E-state index contributed by atoms with van der Waals surface area (Å²) in [5.41, 5.74) is -0.457. The van der Waals surface area contributed by atoms with Crippen LogP contribution < -0.4 is 0 Å². The van der Waals surface area contributed by atoms with E-state index >= 15 is 0 Å². The molecule has 1 aromatic rings. The molecule has 1 fully saturated rings. The van der Waals surface area contributed by atoms with Gasteiger partial charge in [0.05, 0.1) is 11.1 Å². The fourth-order valence-electron chi connectivity index (χ4n) is 3.04. The number of amides is 2. The van der Waals surface area contributed by atoms with Gasteiger partial charge < -0.3 is 9.57 Å². The quantitative estimate of drug-likeness (QED) is 0.468. The van der Waals surface area contributed by atoms with Gasteiger partial charge in [0.25, 0.3) is 11.8 Å². The molecule has 0 unspecified atom stereocenters. The van der Waals surface area contributed by atoms with Crippen molar-refractivity contribution in [3.63, 3.8) is 0 Å². The van der Waals surface area contributed by atoms with Crippen molar-refractivity contribution in [3.05, 3.63) is 35.4 Å². The molecular formula is C17H17NO6. The third-order valence-electron chi connectivity index (χ3n) is 4.35. The first-order valence-corrected chi connectivity index (χ1v) is 7.84. The summed E-state index contributed by atoms with van der Waals surface area (Å²) in [6, 6.07) is 6.08. The summed E-state index contributed by atoms with van der Waals surface area (Å²) in [6.07, 6.45) is 4.22. The van der Waals surface area contributed by atoms with Crippen molar-refractivity contribution in [3.8, 4) is 0 Å². The van der Waals surface area contributed by atoms with Crippen molar-refractivity contribution in [1.29, 1.82) is 0 Å². The summed E-state index contributed by atoms with van der Waals surface area (Å²) in [6.45, 7) is 1.76. The van der Waals surface area contributed by atoms with Gasteiger partial charge in [0.2, 0.25) is 0 Å². The van der Waals surface area contributed by atoms with E-state index in [0.29, 0.717) is 17.9 Å². The van der Waals surface area contributed by atoms with Crippen molar-refractivity contribution >= 4 is 23.8 Å². The molecule has 7 heteroatoms. The minimum atomic E-state index is -1.38. The van der Waals surface area contributed by atoms with Crippen LogP contribution in [0.15, 0.2) is 24.3 Å². The number of fused-ring (bicyclic) bond motifs is 1. The fourth-order valence-corrected chi connectivity index (χ4v) is 3.04. The lowest BCUT2D eigenvalue weighted by molar-refractivity contribution is -0.191. The molecule has 1 aliphatic carbocycles. The number of imide groups is 1. The molecule has 3 rings (SSSR count). The number of hydrogen-bond donors (Lipinski definition) is 0. The standard InChI is InChI=1S/C17H17NO6/c1-17(9-5-2-6-10-17)23-15(21)16(22)24-18-13(19)11-7-3-4-8-12(11)14(18)20/h3-4,7-8H,2,5-6,9-10H2,1H3. The average Bonchev–Trinajstić information content (AvgIpc) is 2.80. The van der Waals surface area contributed by atoms with E-state index in [0.717, 1.165) is 19.3 Å². The highest BCUT2D eigenvalue weighted by atomic mass is 16.7. The van der Waals surface area contributed by atoms with Crippen molar-refractivity contribution in [1.82, 2.24) is 5.06 Å². The summed E-state index contributed by atoms with van der Waals surface area (Å²) in [5.74, 6) is -4.13. The maximum Gasteiger partial charge on any atom is 0.442 e. The summed E-state index contributed by atoms with van der Waals surface area (Å²) in [7, 11) is 0. The van der Waals surface area contributed by atoms with Gasteiger partial charge in [0.1, 0.15) is 5.60 Å². The smallest absolute Gasteiger partial charge is 0.442 e. The van der Waals surface area contributed by atoms with Gasteiger partial charge in [0.15, 0.2) is 0 Å². The van der Waals surface area contributed by atoms with Crippen molar-refractivity contribution in [2.45, 2.75) is 44.6 Å². The van der Waals surface area contributed by atoms with E-state index in [1.807, 2.05) is 0 Å². The summed E-state index contributed by atoms with van der Waals surface area (Å²) < 4.78 is 5.24. The molecule has 0 radical (unpaired) electrons. The average molecular weight is 331 g/mol. The van der Waals surface area contributed by atoms with Crippen LogP contribution in [0.5, 0.6) is 0 Å². The zero-order valence-electron chi connectivity index (χ0n) is 13.2. The van der Waals surface area contributed by atoms with E-state index in [-0.39, 0.29) is 11.1 Å². The van der Waals surface area contributed by atoms with Crippen LogP contribution in [-0.2, 0) is 19.2 Å². The lowest BCUT2D eigenvalue weighted by atomic mass is 9.86. The van der Waals surface area contributed by atoms with E-state index in [9.17, 15) is 19.2 Å². The molecule has 0 saturated heterocycles. The normalized spacial score (nSPS) is 19.0. The fraction of sp³-hybridized carbons (Fsp3) is 0.412. The molecule has 24 heavy (non-hydrogen) atoms. The van der Waals surface area contributed by atoms with Gasteiger partial charge in [-0.25, -0.2) is 9.59 Å². The number of ether oxygens (including phenoxy) is 1. The number of rotatable bonds is 2. The number of carbonyl (C=O) groups is 4. The molecule has 2 aliphatic rings. The highest BCUT2D eigenvalue weighted by molar-refractivity contribution is 6.31. The number of nitrogens with zero attached hydrogens (tertiary/aromatic N) is 1. The molecule has 7 nitrogen and oxygen atoms in total. The van der Waals surface area contributed by atoms with Crippen LogP contribution in [0.25, 0.3) is 0 Å². The molecule has 1 heterocycles. The van der Waals surface area contributed by atoms with E-state index in [1.165, 1.54) is 12.1 Å². The van der Waals surface area contributed by atoms with Gasteiger partial charge in [-0.3, -0.25) is 9.59 Å². The maximum absolute atomic E-state index is 12.1. The lowest BCUT2D eigenvalue weighted by Crippen LogP contribution is -2.40. The molecule has 0 N–H and O–H groups in total. The molecule has 1 aliphatic heterocycles. The number of hydrogen-bond acceptors (Lipinski definition) is 6. The topological polar surface area (TPSA) is 90.0 Å². The van der Waals surface area contributed by atoms with E-state index in [1.54, 1.807) is 19.1 Å². The number of carbonyl (C=O) groups excluding carboxylic acids is 4. The number of esters is 1. The van der Waals surface area contributed by atoms with Crippen LogP contribution in [-0.4, -0.2) is 34.4 Å². The number of hydroxylamine groups is 2. The van der Waals surface area contributed by atoms with E-state index < -0.39 is 29.4 Å². The Morgan fingerprint density at radius 3 is 2.04 bits per heavy atom. The van der Waals surface area contributed by atoms with Crippen molar-refractivity contribution in [2.75, 3.05) is 0 Å². The second-order valence-corrected chi connectivity index (χ2v) is 6.23. The number of benzene rings is 1. The second kappa shape index (κ2) is 6.07. The minimum Gasteiger partial charge on any atom is -0.451 e. The molecule has 0 atom stereocenters. The van der Waals surface area contributed by atoms with Crippen LogP contribution in [0.3, 0.4) is 0 Å². The lowest BCUT2D eigenvalue weighted by Gasteiger charge is -2.32. The van der Waals surface area contributed by atoms with Gasteiger partial charge in [-0.2, -0.15) is 0 Å². The first-order chi connectivity index (χ1) is 11.4. The third-order valence-corrected chi connectivity index (χ3v) is 4.35. The van der Waals surface area contributed by atoms with Crippen LogP contribution in [0.2, 0.25) is 0 Å². The molecule has 0 aromatic heterocycles. The van der Waals surface area contributed by atoms with Crippen molar-refractivity contribution in [2.24, 2.45) is 0 Å². The van der Waals surface area contributed by atoms with Gasteiger partial charge in [0, 0.05) is 0 Å². The van der Waals surface area contributed by atoms with Gasteiger partial charge in [-0.05, 0) is 44.7 Å². The molecule has 2 amide bonds. The molecule has 0 bridgehead atoms. The monoisotopic (exact) mass is 331 g/mol. The zero-order valence-corrected chi connectivity index (χ0v) is 13.2. The Morgan fingerprint density at radius 1 is 0.958 bits per heavy atom. The Balaban J connectivity index is 1.66. The molecule has 1 aromatic carbocycles. The SMILES string of the molecule is CC1(OC(=O)C(=O)ON2C(=O)c3ccccc3C2=O)CCCCC1. The van der Waals surface area contributed by atoms with Crippen molar-refractivity contribution < 1.29 is 28.8 Å². The van der Waals surface area contributed by atoms with Crippen LogP contribution in [0.4, 0.5) is 0 Å². The maximum atomic E-state index is 12.1. The van der Waals surface area contributed by atoms with Crippen LogP contribution in [0, 0.1) is 0 Å². The Bertz CT molecular complexity index is 685. The predicted octanol–water partition coefficient (Wildman–Crippen LogP) is 2.01. The molecule has 0 spiro atoms. The Labute approximate surface area is 138 Å². The first kappa shape index (κ1) is 16.2.